The van der Waals surface area contributed by atoms with Crippen LogP contribution in [0.15, 0.2) is 0 Å². The molecule has 1 aliphatic carbocycles. The lowest BCUT2D eigenvalue weighted by molar-refractivity contribution is -0.128. The average Bonchev–Trinajstić information content (AvgIpc) is 2.18. The third kappa shape index (κ3) is 3.76. The second-order valence-corrected chi connectivity index (χ2v) is 4.28. The fourth-order valence-electron chi connectivity index (χ4n) is 2.10. The van der Waals surface area contributed by atoms with E-state index in [1.54, 1.807) is 0 Å². The summed E-state index contributed by atoms with van der Waals surface area (Å²) in [7, 11) is 0. The largest absolute Gasteiger partial charge is 0.372 e. The molecule has 14 heavy (non-hydrogen) atoms. The van der Waals surface area contributed by atoms with Crippen molar-refractivity contribution in [2.75, 3.05) is 19.8 Å². The minimum atomic E-state index is 0.247. The van der Waals surface area contributed by atoms with Gasteiger partial charge in [-0.1, -0.05) is 19.8 Å². The van der Waals surface area contributed by atoms with Crippen molar-refractivity contribution in [2.24, 2.45) is 17.6 Å². The lowest BCUT2D eigenvalue weighted by Gasteiger charge is -2.25. The second-order valence-electron chi connectivity index (χ2n) is 4.28. The van der Waals surface area contributed by atoms with Crippen LogP contribution in [0.25, 0.3) is 0 Å². The van der Waals surface area contributed by atoms with Crippen molar-refractivity contribution in [3.63, 3.8) is 0 Å². The van der Waals surface area contributed by atoms with Crippen molar-refractivity contribution in [2.45, 2.75) is 32.6 Å². The number of rotatable bonds is 5. The van der Waals surface area contributed by atoms with Gasteiger partial charge in [0, 0.05) is 12.5 Å². The van der Waals surface area contributed by atoms with Crippen LogP contribution in [0.2, 0.25) is 0 Å². The van der Waals surface area contributed by atoms with Crippen LogP contribution in [-0.4, -0.2) is 25.5 Å². The number of carbonyl (C=O) groups is 1. The predicted molar refractivity (Wildman–Crippen MR) is 56.0 cm³/mol. The van der Waals surface area contributed by atoms with E-state index in [0.29, 0.717) is 19.1 Å². The summed E-state index contributed by atoms with van der Waals surface area (Å²) < 4.78 is 5.16. The summed E-state index contributed by atoms with van der Waals surface area (Å²) in [6.45, 7) is 3.47. The van der Waals surface area contributed by atoms with Crippen molar-refractivity contribution >= 4 is 5.78 Å². The second kappa shape index (κ2) is 6.14. The van der Waals surface area contributed by atoms with Gasteiger partial charge in [0.05, 0.1) is 6.61 Å². The topological polar surface area (TPSA) is 52.3 Å². The Balaban J connectivity index is 2.22. The fraction of sp³-hybridized carbons (Fsp3) is 0.909. The highest BCUT2D eigenvalue weighted by Crippen LogP contribution is 2.28. The zero-order valence-corrected chi connectivity index (χ0v) is 9.00. The molecule has 0 aromatic heterocycles. The molecular weight excluding hydrogens is 178 g/mol. The van der Waals surface area contributed by atoms with Crippen molar-refractivity contribution in [3.8, 4) is 0 Å². The molecule has 3 nitrogen and oxygen atoms in total. The number of Topliss-reactive ketones (excluding diaryl/α,β-unsaturated/α-hetero) is 1. The molecule has 2 atom stereocenters. The van der Waals surface area contributed by atoms with Gasteiger partial charge in [0.25, 0.3) is 0 Å². The van der Waals surface area contributed by atoms with Crippen LogP contribution in [0, 0.1) is 11.8 Å². The van der Waals surface area contributed by atoms with Crippen LogP contribution in [-0.2, 0) is 9.53 Å². The Labute approximate surface area is 86.0 Å². The minimum absolute atomic E-state index is 0.247. The van der Waals surface area contributed by atoms with Crippen LogP contribution < -0.4 is 5.73 Å². The Bertz CT molecular complexity index is 182. The smallest absolute Gasteiger partial charge is 0.161 e. The van der Waals surface area contributed by atoms with Crippen LogP contribution in [0.4, 0.5) is 0 Å². The molecule has 1 fully saturated rings. The normalized spacial score (nSPS) is 27.6. The summed E-state index contributed by atoms with van der Waals surface area (Å²) in [5.41, 5.74) is 5.28. The first-order chi connectivity index (χ1) is 6.74. The molecule has 0 radical (unpaired) electrons. The highest BCUT2D eigenvalue weighted by molar-refractivity contribution is 5.82. The van der Waals surface area contributed by atoms with E-state index in [-0.39, 0.29) is 18.3 Å². The molecule has 1 saturated carbocycles. The van der Waals surface area contributed by atoms with Gasteiger partial charge in [-0.05, 0) is 18.8 Å². The average molecular weight is 199 g/mol. The molecule has 3 heteroatoms. The van der Waals surface area contributed by atoms with Gasteiger partial charge >= 0.3 is 0 Å². The number of hydrogen-bond acceptors (Lipinski definition) is 3. The number of hydrogen-bond donors (Lipinski definition) is 1. The maximum atomic E-state index is 11.7. The van der Waals surface area contributed by atoms with Gasteiger partial charge < -0.3 is 10.5 Å². The van der Waals surface area contributed by atoms with Gasteiger partial charge in [-0.15, -0.1) is 0 Å². The third-order valence-electron chi connectivity index (χ3n) is 2.90. The first-order valence-electron chi connectivity index (χ1n) is 5.54. The molecule has 0 spiro atoms. The van der Waals surface area contributed by atoms with E-state index < -0.39 is 0 Å². The van der Waals surface area contributed by atoms with Gasteiger partial charge in [-0.2, -0.15) is 0 Å². The monoisotopic (exact) mass is 199 g/mol. The van der Waals surface area contributed by atoms with Crippen LogP contribution in [0.1, 0.15) is 32.6 Å². The molecule has 0 amide bonds. The molecule has 1 aliphatic rings. The van der Waals surface area contributed by atoms with Gasteiger partial charge in [0.1, 0.15) is 6.61 Å². The third-order valence-corrected chi connectivity index (χ3v) is 2.90. The SMILES string of the molecule is CC1CCCC(C(=O)COCCN)C1. The Morgan fingerprint density at radius 1 is 1.50 bits per heavy atom. The molecule has 82 valence electrons. The molecule has 2 N–H and O–H groups in total. The van der Waals surface area contributed by atoms with E-state index in [1.165, 1.54) is 12.8 Å². The summed E-state index contributed by atoms with van der Waals surface area (Å²) in [6, 6.07) is 0. The molecule has 2 unspecified atom stereocenters. The maximum absolute atomic E-state index is 11.7. The van der Waals surface area contributed by atoms with Crippen LogP contribution in [0.3, 0.4) is 0 Å². The molecule has 0 aliphatic heterocycles. The van der Waals surface area contributed by atoms with Crippen LogP contribution >= 0.6 is 0 Å². The Hall–Kier alpha value is -0.410. The van der Waals surface area contributed by atoms with Gasteiger partial charge in [0.2, 0.25) is 0 Å². The molecule has 1 rings (SSSR count). The fourth-order valence-corrected chi connectivity index (χ4v) is 2.10. The van der Waals surface area contributed by atoms with Crippen molar-refractivity contribution in [1.82, 2.24) is 0 Å². The standard InChI is InChI=1S/C11H21NO2/c1-9-3-2-4-10(7-9)11(13)8-14-6-5-12/h9-10H,2-8,12H2,1H3. The highest BCUT2D eigenvalue weighted by atomic mass is 16.5. The predicted octanol–water partition coefficient (Wildman–Crippen LogP) is 1.36. The number of nitrogens with two attached hydrogens (primary N) is 1. The van der Waals surface area contributed by atoms with Crippen LogP contribution in [0.5, 0.6) is 0 Å². The zero-order chi connectivity index (χ0) is 10.4. The summed E-state index contributed by atoms with van der Waals surface area (Å²) in [5, 5.41) is 0. The summed E-state index contributed by atoms with van der Waals surface area (Å²) >= 11 is 0. The van der Waals surface area contributed by atoms with Crippen molar-refractivity contribution < 1.29 is 9.53 Å². The van der Waals surface area contributed by atoms with Gasteiger partial charge in [-0.25, -0.2) is 0 Å². The van der Waals surface area contributed by atoms with E-state index >= 15 is 0 Å². The van der Waals surface area contributed by atoms with E-state index in [4.69, 9.17) is 10.5 Å². The lowest BCUT2D eigenvalue weighted by atomic mass is 9.80. The Morgan fingerprint density at radius 2 is 2.29 bits per heavy atom. The minimum Gasteiger partial charge on any atom is -0.372 e. The number of ether oxygens (including phenoxy) is 1. The molecule has 0 saturated heterocycles. The maximum Gasteiger partial charge on any atom is 0.161 e. The summed E-state index contributed by atoms with van der Waals surface area (Å²) in [6.07, 6.45) is 4.56. The van der Waals surface area contributed by atoms with E-state index in [9.17, 15) is 4.79 Å². The molecule has 0 aromatic carbocycles. The first-order valence-corrected chi connectivity index (χ1v) is 5.54. The molecule has 0 heterocycles. The lowest BCUT2D eigenvalue weighted by Crippen LogP contribution is -2.26. The quantitative estimate of drug-likeness (QED) is 0.680. The van der Waals surface area contributed by atoms with E-state index in [1.807, 2.05) is 0 Å². The molecule has 0 aromatic rings. The highest BCUT2D eigenvalue weighted by Gasteiger charge is 2.24. The zero-order valence-electron chi connectivity index (χ0n) is 9.00. The summed E-state index contributed by atoms with van der Waals surface area (Å²) in [4.78, 5) is 11.7. The van der Waals surface area contributed by atoms with Crippen molar-refractivity contribution in [1.29, 1.82) is 0 Å². The first kappa shape index (κ1) is 11.7. The van der Waals surface area contributed by atoms with Gasteiger partial charge in [0.15, 0.2) is 5.78 Å². The number of ketones is 1. The van der Waals surface area contributed by atoms with E-state index in [0.717, 1.165) is 12.8 Å². The number of carbonyl (C=O) groups excluding carboxylic acids is 1. The van der Waals surface area contributed by atoms with E-state index in [2.05, 4.69) is 6.92 Å². The van der Waals surface area contributed by atoms with Gasteiger partial charge in [-0.3, -0.25) is 4.79 Å². The Kier molecular flexibility index (Phi) is 5.12. The molecular formula is C11H21NO2. The van der Waals surface area contributed by atoms with Crippen molar-refractivity contribution in [3.05, 3.63) is 0 Å². The summed E-state index contributed by atoms with van der Waals surface area (Å²) in [5.74, 6) is 1.22. The Morgan fingerprint density at radius 3 is 2.93 bits per heavy atom. The molecule has 0 bridgehead atoms.